The summed E-state index contributed by atoms with van der Waals surface area (Å²) in [7, 11) is 0. The fourth-order valence-electron chi connectivity index (χ4n) is 2.69. The van der Waals surface area contributed by atoms with E-state index >= 15 is 0 Å². The Kier molecular flexibility index (Phi) is 2.65. The van der Waals surface area contributed by atoms with Gasteiger partial charge in [0.25, 0.3) is 0 Å². The Morgan fingerprint density at radius 1 is 1.18 bits per heavy atom. The van der Waals surface area contributed by atoms with Crippen molar-refractivity contribution in [1.82, 2.24) is 4.98 Å². The zero-order valence-electron chi connectivity index (χ0n) is 11.2. The average molecular weight is 356 g/mol. The summed E-state index contributed by atoms with van der Waals surface area (Å²) in [6, 6.07) is 10.5. The van der Waals surface area contributed by atoms with Gasteiger partial charge >= 0.3 is 0 Å². The number of nitrogen functional groups attached to an aromatic ring is 1. The number of anilines is 1. The summed E-state index contributed by atoms with van der Waals surface area (Å²) in [5.41, 5.74) is 8.80. The first-order valence-corrected chi connectivity index (χ1v) is 7.37. The molecule has 0 radical (unpaired) electrons. The molecule has 3 aromatic rings. The molecule has 0 fully saturated rings. The molecule has 6 heteroatoms. The third-order valence-corrected chi connectivity index (χ3v) is 4.18. The molecule has 0 unspecified atom stereocenters. The van der Waals surface area contributed by atoms with Crippen molar-refractivity contribution < 1.29 is 9.90 Å². The van der Waals surface area contributed by atoms with Gasteiger partial charge in [0.15, 0.2) is 5.88 Å². The van der Waals surface area contributed by atoms with Crippen LogP contribution in [0.15, 0.2) is 45.9 Å². The van der Waals surface area contributed by atoms with Crippen molar-refractivity contribution in [3.05, 3.63) is 52.0 Å². The Morgan fingerprint density at radius 2 is 2.00 bits per heavy atom. The molecule has 1 aromatic heterocycles. The smallest absolute Gasteiger partial charge is 0.214 e. The largest absolute Gasteiger partial charge is 0.494 e. The van der Waals surface area contributed by atoms with Gasteiger partial charge in [-0.2, -0.15) is 0 Å². The Bertz CT molecular complexity index is 988. The van der Waals surface area contributed by atoms with Gasteiger partial charge in [0, 0.05) is 21.1 Å². The van der Waals surface area contributed by atoms with Crippen LogP contribution >= 0.6 is 15.9 Å². The Hall–Kier alpha value is -2.60. The van der Waals surface area contributed by atoms with E-state index in [0.29, 0.717) is 33.4 Å². The number of nitrogens with one attached hydrogen (secondary N) is 1. The second-order valence-electron chi connectivity index (χ2n) is 5.10. The lowest BCUT2D eigenvalue weighted by Crippen LogP contribution is -2.10. The van der Waals surface area contributed by atoms with Crippen LogP contribution in [0.3, 0.4) is 0 Å². The first-order valence-electron chi connectivity index (χ1n) is 6.58. The second kappa shape index (κ2) is 4.45. The number of fused-ring (bicyclic) bond motifs is 2. The molecule has 0 bridgehead atoms. The quantitative estimate of drug-likeness (QED) is 0.583. The van der Waals surface area contributed by atoms with E-state index in [2.05, 4.69) is 25.9 Å². The summed E-state index contributed by atoms with van der Waals surface area (Å²) in [4.78, 5) is 19.9. The van der Waals surface area contributed by atoms with Gasteiger partial charge in [-0.3, -0.25) is 4.79 Å². The van der Waals surface area contributed by atoms with Crippen molar-refractivity contribution >= 4 is 49.7 Å². The molecule has 0 saturated heterocycles. The molecular formula is C16H10BrN3O2. The van der Waals surface area contributed by atoms with Gasteiger partial charge in [0.2, 0.25) is 5.78 Å². The number of aromatic nitrogens is 1. The van der Waals surface area contributed by atoms with Crippen LogP contribution < -0.4 is 5.73 Å². The minimum atomic E-state index is -0.213. The number of aliphatic imine (C=N–C) groups is 1. The SMILES string of the molecule is Nc1ccc2[nH]c(O)c(C3=Nc4ccc(Br)cc4C3=O)c2c1. The molecule has 5 nitrogen and oxygen atoms in total. The highest BCUT2D eigenvalue weighted by Crippen LogP contribution is 2.36. The molecule has 2 heterocycles. The normalized spacial score (nSPS) is 13.5. The summed E-state index contributed by atoms with van der Waals surface area (Å²) in [5.74, 6) is -0.297. The van der Waals surface area contributed by atoms with Gasteiger partial charge < -0.3 is 15.8 Å². The number of hydrogen-bond donors (Lipinski definition) is 3. The van der Waals surface area contributed by atoms with Gasteiger partial charge in [-0.15, -0.1) is 0 Å². The van der Waals surface area contributed by atoms with Gasteiger partial charge in [-0.25, -0.2) is 4.99 Å². The standard InChI is InChI=1S/C16H10BrN3O2/c17-7-1-3-12-10(5-7)15(21)14(19-12)13-9-6-8(18)2-4-11(9)20-16(13)22/h1-6,20,22H,18H2. The number of carbonyl (C=O) groups is 1. The number of nitrogens with two attached hydrogens (primary N) is 1. The predicted molar refractivity (Wildman–Crippen MR) is 89.0 cm³/mol. The van der Waals surface area contributed by atoms with Crippen LogP contribution in [0.1, 0.15) is 15.9 Å². The van der Waals surface area contributed by atoms with E-state index in [1.54, 1.807) is 30.3 Å². The maximum Gasteiger partial charge on any atom is 0.214 e. The van der Waals surface area contributed by atoms with Gasteiger partial charge in [0.1, 0.15) is 5.71 Å². The van der Waals surface area contributed by atoms with E-state index in [-0.39, 0.29) is 17.4 Å². The summed E-state index contributed by atoms with van der Waals surface area (Å²) in [5, 5.41) is 10.9. The van der Waals surface area contributed by atoms with Crippen LogP contribution in [0.2, 0.25) is 0 Å². The highest BCUT2D eigenvalue weighted by Gasteiger charge is 2.30. The number of H-pyrrole nitrogens is 1. The van der Waals surface area contributed by atoms with Crippen LogP contribution in [0.4, 0.5) is 11.4 Å². The lowest BCUT2D eigenvalue weighted by atomic mass is 10.0. The van der Waals surface area contributed by atoms with Gasteiger partial charge in [-0.05, 0) is 36.4 Å². The molecule has 0 saturated carbocycles. The summed E-state index contributed by atoms with van der Waals surface area (Å²) in [6.45, 7) is 0. The fourth-order valence-corrected chi connectivity index (χ4v) is 3.05. The number of aromatic hydroxyl groups is 1. The number of Topliss-reactive ketones (excluding diaryl/α,β-unsaturated/α-hetero) is 1. The number of rotatable bonds is 1. The number of carbonyl (C=O) groups excluding carboxylic acids is 1. The predicted octanol–water partition coefficient (Wildman–Crippen LogP) is 3.54. The highest BCUT2D eigenvalue weighted by atomic mass is 79.9. The molecule has 4 N–H and O–H groups in total. The average Bonchev–Trinajstić information content (AvgIpc) is 2.96. The summed E-state index contributed by atoms with van der Waals surface area (Å²) >= 11 is 3.35. The molecule has 0 amide bonds. The molecule has 1 aliphatic heterocycles. The third-order valence-electron chi connectivity index (χ3n) is 3.69. The zero-order valence-corrected chi connectivity index (χ0v) is 12.8. The molecular weight excluding hydrogens is 346 g/mol. The van der Waals surface area contributed by atoms with Crippen LogP contribution in [0, 0.1) is 0 Å². The minimum Gasteiger partial charge on any atom is -0.494 e. The van der Waals surface area contributed by atoms with E-state index in [0.717, 1.165) is 4.47 Å². The Balaban J connectivity index is 1.96. The van der Waals surface area contributed by atoms with Crippen molar-refractivity contribution in [1.29, 1.82) is 0 Å². The summed E-state index contributed by atoms with van der Waals surface area (Å²) < 4.78 is 0.809. The lowest BCUT2D eigenvalue weighted by molar-refractivity contribution is 0.107. The van der Waals surface area contributed by atoms with Crippen LogP contribution in [-0.2, 0) is 0 Å². The first-order chi connectivity index (χ1) is 10.5. The van der Waals surface area contributed by atoms with Gasteiger partial charge in [-0.1, -0.05) is 15.9 Å². The first kappa shape index (κ1) is 13.1. The molecule has 22 heavy (non-hydrogen) atoms. The van der Waals surface area contributed by atoms with Crippen LogP contribution in [-0.4, -0.2) is 21.6 Å². The summed E-state index contributed by atoms with van der Waals surface area (Å²) in [6.07, 6.45) is 0. The molecule has 4 rings (SSSR count). The fraction of sp³-hybridized carbons (Fsp3) is 0. The maximum absolute atomic E-state index is 12.6. The monoisotopic (exact) mass is 355 g/mol. The van der Waals surface area contributed by atoms with E-state index in [1.807, 2.05) is 6.07 Å². The second-order valence-corrected chi connectivity index (χ2v) is 6.02. The molecule has 0 aliphatic carbocycles. The van der Waals surface area contributed by atoms with Crippen LogP contribution in [0.25, 0.3) is 10.9 Å². The van der Waals surface area contributed by atoms with E-state index < -0.39 is 0 Å². The zero-order chi connectivity index (χ0) is 15.4. The maximum atomic E-state index is 12.6. The van der Waals surface area contributed by atoms with E-state index in [1.165, 1.54) is 0 Å². The van der Waals surface area contributed by atoms with Crippen molar-refractivity contribution in [2.45, 2.75) is 0 Å². The third kappa shape index (κ3) is 1.77. The molecule has 0 atom stereocenters. The topological polar surface area (TPSA) is 91.5 Å². The molecule has 2 aromatic carbocycles. The Morgan fingerprint density at radius 3 is 2.82 bits per heavy atom. The number of hydrogen-bond acceptors (Lipinski definition) is 4. The number of aromatic amines is 1. The van der Waals surface area contributed by atoms with E-state index in [4.69, 9.17) is 5.73 Å². The van der Waals surface area contributed by atoms with Gasteiger partial charge in [0.05, 0.1) is 16.8 Å². The number of benzene rings is 2. The van der Waals surface area contributed by atoms with Crippen LogP contribution in [0.5, 0.6) is 5.88 Å². The van der Waals surface area contributed by atoms with Crippen molar-refractivity contribution in [3.8, 4) is 5.88 Å². The number of nitrogens with zero attached hydrogens (tertiary/aromatic N) is 1. The Labute approximate surface area is 133 Å². The number of ketones is 1. The number of halogens is 1. The molecule has 0 spiro atoms. The van der Waals surface area contributed by atoms with Crippen molar-refractivity contribution in [3.63, 3.8) is 0 Å². The van der Waals surface area contributed by atoms with E-state index in [9.17, 15) is 9.90 Å². The highest BCUT2D eigenvalue weighted by molar-refractivity contribution is 9.10. The molecule has 108 valence electrons. The lowest BCUT2D eigenvalue weighted by Gasteiger charge is -2.00. The molecule has 1 aliphatic rings. The van der Waals surface area contributed by atoms with Crippen molar-refractivity contribution in [2.75, 3.05) is 5.73 Å². The minimum absolute atomic E-state index is 0.0837. The van der Waals surface area contributed by atoms with Crippen molar-refractivity contribution in [2.24, 2.45) is 4.99 Å².